The van der Waals surface area contributed by atoms with Gasteiger partial charge in [0.25, 0.3) is 23.6 Å². The van der Waals surface area contributed by atoms with Gasteiger partial charge in [-0.25, -0.2) is 9.59 Å². The van der Waals surface area contributed by atoms with E-state index >= 15 is 9.59 Å². The summed E-state index contributed by atoms with van der Waals surface area (Å²) in [6.45, 7) is 6.03. The van der Waals surface area contributed by atoms with Crippen LogP contribution >= 0.6 is 43.2 Å². The molecule has 10 heterocycles. The fourth-order valence-electron chi connectivity index (χ4n) is 11.9. The van der Waals surface area contributed by atoms with Crippen LogP contribution in [0, 0.1) is 0 Å². The summed E-state index contributed by atoms with van der Waals surface area (Å²) in [6.07, 6.45) is -1.98. The summed E-state index contributed by atoms with van der Waals surface area (Å²) in [5, 5.41) is 23.6. The molecule has 8 atom stereocenters. The zero-order valence-electron chi connectivity index (χ0n) is 40.4. The predicted molar refractivity (Wildman–Crippen MR) is 268 cm³/mol. The average Bonchev–Trinajstić information content (AvgIpc) is 4.04. The first-order valence-electron chi connectivity index (χ1n) is 23.9. The summed E-state index contributed by atoms with van der Waals surface area (Å²) < 4.78 is 27.1. The molecule has 0 aromatic heterocycles. The number of amides is 6. The standard InChI is InChI=1S/C47H58N8O13S4/c1-41(2,3)68-39(62)49-18-21-65-23-22-64-20-17-48-32(57)16-10-11-19-66-40(63)67-27-47-38(61)55-34-43(29-13-7-9-15-31(29)51-34,25-45(55,70-72-47)36(59)53(47)5)42-24-44-35(58)52(4)46(26-56,71-69-44)37(60)54(44)33(42)50-30-14-8-6-12-28(30)42/h6-9,12-15,33-34,50-51,56H,10-11,16-27H2,1-5H3,(H,48,57)(H,49,62)/t33-,34-,42+,43+,44+,45+,46+,47+/m1/s1. The van der Waals surface area contributed by atoms with E-state index in [4.69, 9.17) is 23.7 Å². The number of alkyl carbamates (subject to hydrolysis) is 1. The Balaban J connectivity index is 0.780. The Morgan fingerprint density at radius 1 is 0.681 bits per heavy atom. The number of para-hydroxylation sites is 2. The number of carbonyl (C=O) groups excluding carboxylic acids is 7. The van der Waals surface area contributed by atoms with Crippen LogP contribution in [0.3, 0.4) is 0 Å². The quantitative estimate of drug-likeness (QED) is 0.0816. The van der Waals surface area contributed by atoms with Crippen LogP contribution in [0.1, 0.15) is 64.0 Å². The van der Waals surface area contributed by atoms with Gasteiger partial charge in [-0.05, 0) is 78.5 Å². The molecule has 10 aliphatic heterocycles. The third kappa shape index (κ3) is 7.35. The summed E-state index contributed by atoms with van der Waals surface area (Å²) in [4.78, 5) is 97.7. The molecule has 2 spiro atoms. The minimum atomic E-state index is -1.67. The molecule has 21 nitrogen and oxygen atoms in total. The first-order chi connectivity index (χ1) is 34.4. The summed E-state index contributed by atoms with van der Waals surface area (Å²) in [5.74, 6) is -1.68. The number of carbonyl (C=O) groups is 7. The second kappa shape index (κ2) is 18.5. The highest BCUT2D eigenvalue weighted by molar-refractivity contribution is 8.78. The molecule has 5 N–H and O–H groups in total. The summed E-state index contributed by atoms with van der Waals surface area (Å²) in [5.41, 5.74) is 0.369. The molecule has 0 saturated carbocycles. The van der Waals surface area contributed by atoms with Gasteiger partial charge in [0.15, 0.2) is 9.74 Å². The Hall–Kier alpha value is -4.79. The number of piperazine rings is 2. The predicted octanol–water partition coefficient (Wildman–Crippen LogP) is 3.34. The Bertz CT molecular complexity index is 2600. The van der Waals surface area contributed by atoms with Gasteiger partial charge in [0.1, 0.15) is 24.5 Å². The number of hydrogen-bond acceptors (Lipinski definition) is 19. The largest absolute Gasteiger partial charge is 0.508 e. The lowest BCUT2D eigenvalue weighted by Gasteiger charge is -2.58. The van der Waals surface area contributed by atoms with Gasteiger partial charge in [-0.1, -0.05) is 58.0 Å². The number of aliphatic hydroxyl groups is 1. The Morgan fingerprint density at radius 2 is 1.19 bits per heavy atom. The Kier molecular flexibility index (Phi) is 13.1. The molecule has 2 aromatic rings. The van der Waals surface area contributed by atoms with Crippen molar-refractivity contribution in [3.63, 3.8) is 0 Å². The molecular weight excluding hydrogens is 1010 g/mol. The van der Waals surface area contributed by atoms with Gasteiger partial charge in [-0.15, -0.1) is 0 Å². The van der Waals surface area contributed by atoms with Crippen LogP contribution in [0.5, 0.6) is 0 Å². The number of nitrogens with one attached hydrogen (secondary N) is 4. The number of aliphatic hydroxyl groups excluding tert-OH is 1. The van der Waals surface area contributed by atoms with Gasteiger partial charge >= 0.3 is 12.2 Å². The minimum Gasteiger partial charge on any atom is -0.444 e. The molecule has 6 amide bonds. The van der Waals surface area contributed by atoms with Crippen molar-refractivity contribution in [1.29, 1.82) is 0 Å². The second-order valence-electron chi connectivity index (χ2n) is 20.0. The normalized spacial score (nSPS) is 32.1. The molecule has 25 heteroatoms. The number of rotatable bonds is 18. The van der Waals surface area contributed by atoms with Crippen molar-refractivity contribution in [2.75, 3.05) is 84.1 Å². The maximum Gasteiger partial charge on any atom is 0.508 e. The highest BCUT2D eigenvalue weighted by Gasteiger charge is 2.88. The van der Waals surface area contributed by atoms with E-state index in [9.17, 15) is 29.1 Å². The smallest absolute Gasteiger partial charge is 0.444 e. The topological polar surface area (TPSA) is 247 Å². The maximum atomic E-state index is 15.5. The summed E-state index contributed by atoms with van der Waals surface area (Å²) >= 11 is 0. The first kappa shape index (κ1) is 50.7. The molecule has 8 saturated heterocycles. The monoisotopic (exact) mass is 1070 g/mol. The van der Waals surface area contributed by atoms with Crippen molar-refractivity contribution in [1.82, 2.24) is 30.2 Å². The highest BCUT2D eigenvalue weighted by Crippen LogP contribution is 2.78. The zero-order valence-corrected chi connectivity index (χ0v) is 43.7. The number of hydrogen-bond donors (Lipinski definition) is 5. The van der Waals surface area contributed by atoms with Crippen molar-refractivity contribution in [3.05, 3.63) is 59.7 Å². The van der Waals surface area contributed by atoms with Gasteiger partial charge in [-0.3, -0.25) is 33.8 Å². The van der Waals surface area contributed by atoms with E-state index in [1.165, 1.54) is 42.2 Å². The zero-order chi connectivity index (χ0) is 51.1. The van der Waals surface area contributed by atoms with Gasteiger partial charge in [0.05, 0.1) is 50.5 Å². The van der Waals surface area contributed by atoms with Crippen LogP contribution in [0.2, 0.25) is 0 Å². The van der Waals surface area contributed by atoms with Crippen LogP contribution in [0.15, 0.2) is 48.5 Å². The van der Waals surface area contributed by atoms with E-state index in [0.29, 0.717) is 45.8 Å². The lowest BCUT2D eigenvalue weighted by Crippen LogP contribution is -2.77. The van der Waals surface area contributed by atoms with Crippen molar-refractivity contribution < 1.29 is 62.4 Å². The first-order valence-corrected chi connectivity index (χ1v) is 28.2. The third-order valence-corrected chi connectivity index (χ3v) is 22.3. The number of benzene rings is 2. The van der Waals surface area contributed by atoms with Crippen molar-refractivity contribution in [2.45, 2.75) is 101 Å². The number of anilines is 2. The van der Waals surface area contributed by atoms with Crippen LogP contribution in [-0.2, 0) is 58.5 Å². The fourth-order valence-corrected chi connectivity index (χ4v) is 19.1. The molecule has 8 fully saturated rings. The fraction of sp³-hybridized carbons (Fsp3) is 0.596. The third-order valence-electron chi connectivity index (χ3n) is 15.0. The van der Waals surface area contributed by atoms with Gasteiger partial charge in [-0.2, -0.15) is 0 Å². The van der Waals surface area contributed by atoms with Crippen LogP contribution in [0.25, 0.3) is 0 Å². The molecule has 4 bridgehead atoms. The van der Waals surface area contributed by atoms with Crippen molar-refractivity contribution in [3.8, 4) is 0 Å². The highest BCUT2D eigenvalue weighted by atomic mass is 33.1. The molecule has 12 rings (SSSR count). The van der Waals surface area contributed by atoms with Gasteiger partial charge in [0.2, 0.25) is 15.6 Å². The van der Waals surface area contributed by atoms with E-state index in [0.717, 1.165) is 33.3 Å². The SMILES string of the molecule is CN1C(=O)[C@@]23C[C@]4([C@]56C[C@@]78SS[C@@](COC(=O)OCCCCC(=O)NCCOCCOCCNC(=O)OC(C)(C)C)(C(=O)N7[C@H]5Nc5ccccc56)N(C)C8=O)c5ccccc5N[C@@H]4N2C(=O)[C@]1(CO)SS3. The maximum absolute atomic E-state index is 15.5. The molecule has 388 valence electrons. The molecule has 0 unspecified atom stereocenters. The molecule has 10 aliphatic rings. The Morgan fingerprint density at radius 3 is 1.75 bits per heavy atom. The molecule has 0 radical (unpaired) electrons. The van der Waals surface area contributed by atoms with Gasteiger partial charge in [0, 0.05) is 57.8 Å². The van der Waals surface area contributed by atoms with Gasteiger partial charge < -0.3 is 59.9 Å². The van der Waals surface area contributed by atoms with Crippen molar-refractivity contribution >= 4 is 96.3 Å². The number of likely N-dealkylation sites (N-methyl/N-ethyl adjacent to an activating group) is 2. The van der Waals surface area contributed by atoms with Crippen LogP contribution < -0.4 is 21.3 Å². The molecule has 72 heavy (non-hydrogen) atoms. The molecule has 2 aromatic carbocycles. The second-order valence-corrected chi connectivity index (χ2v) is 25.4. The lowest BCUT2D eigenvalue weighted by molar-refractivity contribution is -0.166. The lowest BCUT2D eigenvalue weighted by atomic mass is 9.54. The van der Waals surface area contributed by atoms with Crippen LogP contribution in [0.4, 0.5) is 21.0 Å². The number of nitrogens with zero attached hydrogens (tertiary/aromatic N) is 4. The molecular formula is C47H58N8O13S4. The number of ether oxygens (including phenoxy) is 5. The molecule has 0 aliphatic carbocycles. The minimum absolute atomic E-state index is 0.0452. The van der Waals surface area contributed by atoms with Crippen LogP contribution in [-0.4, -0.2) is 177 Å². The summed E-state index contributed by atoms with van der Waals surface area (Å²) in [6, 6.07) is 15.5. The van der Waals surface area contributed by atoms with E-state index in [2.05, 4.69) is 21.3 Å². The average molecular weight is 1070 g/mol. The van der Waals surface area contributed by atoms with E-state index in [1.54, 1.807) is 44.7 Å². The van der Waals surface area contributed by atoms with Crippen molar-refractivity contribution in [2.24, 2.45) is 0 Å². The number of unbranched alkanes of at least 4 members (excludes halogenated alkanes) is 1. The van der Waals surface area contributed by atoms with E-state index < -0.39 is 85.5 Å². The Labute approximate surface area is 431 Å². The van der Waals surface area contributed by atoms with E-state index in [-0.39, 0.29) is 50.2 Å². The summed E-state index contributed by atoms with van der Waals surface area (Å²) in [7, 11) is 8.00. The number of fused-ring (bicyclic) bond motifs is 11. The van der Waals surface area contributed by atoms with E-state index in [1.807, 2.05) is 48.5 Å².